The summed E-state index contributed by atoms with van der Waals surface area (Å²) in [6.07, 6.45) is 4.70. The number of aromatic nitrogens is 2. The van der Waals surface area contributed by atoms with Gasteiger partial charge >= 0.3 is 0 Å². The van der Waals surface area contributed by atoms with Crippen LogP contribution < -0.4 is 9.80 Å². The molecule has 1 amide bonds. The molecule has 3 aliphatic rings. The number of aliphatic hydroxyl groups is 1. The lowest BCUT2D eigenvalue weighted by Crippen LogP contribution is -2.60. The van der Waals surface area contributed by atoms with E-state index in [4.69, 9.17) is 9.97 Å². The van der Waals surface area contributed by atoms with E-state index in [1.807, 2.05) is 4.90 Å². The van der Waals surface area contributed by atoms with Crippen molar-refractivity contribution < 1.29 is 9.90 Å². The number of anilines is 2. The van der Waals surface area contributed by atoms with Crippen LogP contribution in [0.15, 0.2) is 6.07 Å². The smallest absolute Gasteiger partial charge is 0.227 e. The lowest BCUT2D eigenvalue weighted by Gasteiger charge is -2.50. The zero-order chi connectivity index (χ0) is 19.0. The molecule has 4 rings (SSSR count). The van der Waals surface area contributed by atoms with E-state index in [1.165, 1.54) is 12.8 Å². The van der Waals surface area contributed by atoms with Gasteiger partial charge in [0.2, 0.25) is 11.9 Å². The number of amides is 1. The average molecular weight is 374 g/mol. The molecule has 0 aromatic carbocycles. The number of likely N-dealkylation sites (tertiary alicyclic amines) is 1. The maximum absolute atomic E-state index is 11.8. The van der Waals surface area contributed by atoms with E-state index in [0.29, 0.717) is 19.5 Å². The van der Waals surface area contributed by atoms with Crippen LogP contribution in [0.5, 0.6) is 0 Å². The molecule has 1 aromatic heterocycles. The van der Waals surface area contributed by atoms with E-state index in [9.17, 15) is 9.90 Å². The first kappa shape index (κ1) is 18.5. The Labute approximate surface area is 161 Å². The van der Waals surface area contributed by atoms with Gasteiger partial charge in [-0.05, 0) is 32.1 Å². The van der Waals surface area contributed by atoms with E-state index in [2.05, 4.69) is 22.8 Å². The first-order valence-electron chi connectivity index (χ1n) is 10.3. The maximum Gasteiger partial charge on any atom is 0.227 e. The number of nitrogens with zero attached hydrogens (tertiary/aromatic N) is 5. The molecule has 27 heavy (non-hydrogen) atoms. The van der Waals surface area contributed by atoms with Crippen LogP contribution in [0.25, 0.3) is 0 Å². The molecule has 1 N–H and O–H groups in total. The molecule has 3 saturated heterocycles. The SMILES string of the molecule is CCc1cc(N2CC[C@]3(O)CCN(C(C)=O)C[C@@H]3C2)nc(N2CCCC2)n1. The summed E-state index contributed by atoms with van der Waals surface area (Å²) in [6, 6.07) is 2.09. The molecule has 0 saturated carbocycles. The van der Waals surface area contributed by atoms with Gasteiger partial charge < -0.3 is 19.8 Å². The molecule has 3 fully saturated rings. The van der Waals surface area contributed by atoms with Crippen LogP contribution in [0.3, 0.4) is 0 Å². The Morgan fingerprint density at radius 3 is 2.59 bits per heavy atom. The van der Waals surface area contributed by atoms with Crippen molar-refractivity contribution in [3.8, 4) is 0 Å². The summed E-state index contributed by atoms with van der Waals surface area (Å²) in [4.78, 5) is 27.9. The summed E-state index contributed by atoms with van der Waals surface area (Å²) in [5.41, 5.74) is 0.414. The molecule has 0 aliphatic carbocycles. The minimum atomic E-state index is -0.652. The molecule has 4 heterocycles. The van der Waals surface area contributed by atoms with Crippen molar-refractivity contribution in [3.05, 3.63) is 11.8 Å². The van der Waals surface area contributed by atoms with Crippen molar-refractivity contribution in [2.45, 2.75) is 51.6 Å². The third-order valence-electron chi connectivity index (χ3n) is 6.55. The molecule has 7 nitrogen and oxygen atoms in total. The number of piperidine rings is 2. The van der Waals surface area contributed by atoms with Gasteiger partial charge in [-0.15, -0.1) is 0 Å². The second kappa shape index (κ2) is 7.26. The Bertz CT molecular complexity index is 706. The van der Waals surface area contributed by atoms with E-state index >= 15 is 0 Å². The van der Waals surface area contributed by atoms with Gasteiger partial charge in [0.05, 0.1) is 5.60 Å². The van der Waals surface area contributed by atoms with Gasteiger partial charge in [0, 0.05) is 63.9 Å². The van der Waals surface area contributed by atoms with Crippen LogP contribution in [-0.4, -0.2) is 70.8 Å². The van der Waals surface area contributed by atoms with Crippen LogP contribution in [-0.2, 0) is 11.2 Å². The van der Waals surface area contributed by atoms with E-state index in [-0.39, 0.29) is 11.8 Å². The molecular weight excluding hydrogens is 342 g/mol. The number of fused-ring (bicyclic) bond motifs is 1. The highest BCUT2D eigenvalue weighted by Gasteiger charge is 2.45. The van der Waals surface area contributed by atoms with Crippen molar-refractivity contribution in [2.75, 3.05) is 49.1 Å². The zero-order valence-corrected chi connectivity index (χ0v) is 16.5. The first-order chi connectivity index (χ1) is 13.0. The van der Waals surface area contributed by atoms with Crippen LogP contribution in [0.4, 0.5) is 11.8 Å². The molecule has 3 aliphatic heterocycles. The predicted molar refractivity (Wildman–Crippen MR) is 105 cm³/mol. The normalized spacial score (nSPS) is 28.4. The van der Waals surface area contributed by atoms with Crippen LogP contribution in [0.2, 0.25) is 0 Å². The number of hydrogen-bond donors (Lipinski definition) is 1. The second-order valence-corrected chi connectivity index (χ2v) is 8.28. The predicted octanol–water partition coefficient (Wildman–Crippen LogP) is 1.45. The van der Waals surface area contributed by atoms with Crippen molar-refractivity contribution in [1.82, 2.24) is 14.9 Å². The van der Waals surface area contributed by atoms with Crippen molar-refractivity contribution >= 4 is 17.7 Å². The van der Waals surface area contributed by atoms with E-state index < -0.39 is 5.60 Å². The van der Waals surface area contributed by atoms with Gasteiger partial charge in [-0.25, -0.2) is 4.98 Å². The number of aryl methyl sites for hydroxylation is 1. The fraction of sp³-hybridized carbons (Fsp3) is 0.750. The van der Waals surface area contributed by atoms with Crippen LogP contribution in [0.1, 0.15) is 45.2 Å². The molecule has 1 aromatic rings. The van der Waals surface area contributed by atoms with Gasteiger partial charge in [0.15, 0.2) is 0 Å². The molecule has 7 heteroatoms. The van der Waals surface area contributed by atoms with Gasteiger partial charge in [-0.3, -0.25) is 4.79 Å². The molecular formula is C20H31N5O2. The molecule has 0 radical (unpaired) electrons. The maximum atomic E-state index is 11.8. The molecule has 0 unspecified atom stereocenters. The Morgan fingerprint density at radius 1 is 1.15 bits per heavy atom. The molecule has 0 bridgehead atoms. The quantitative estimate of drug-likeness (QED) is 0.865. The fourth-order valence-corrected chi connectivity index (χ4v) is 4.67. The zero-order valence-electron chi connectivity index (χ0n) is 16.5. The summed E-state index contributed by atoms with van der Waals surface area (Å²) in [7, 11) is 0. The Balaban J connectivity index is 1.56. The summed E-state index contributed by atoms with van der Waals surface area (Å²) < 4.78 is 0. The minimum Gasteiger partial charge on any atom is -0.389 e. The monoisotopic (exact) mass is 373 g/mol. The molecule has 2 atom stereocenters. The number of rotatable bonds is 3. The lowest BCUT2D eigenvalue weighted by molar-refractivity contribution is -0.139. The van der Waals surface area contributed by atoms with Crippen LogP contribution >= 0.6 is 0 Å². The summed E-state index contributed by atoms with van der Waals surface area (Å²) in [6.45, 7) is 8.63. The van der Waals surface area contributed by atoms with Crippen molar-refractivity contribution in [3.63, 3.8) is 0 Å². The topological polar surface area (TPSA) is 72.8 Å². The standard InChI is InChI=1S/C20H31N5O2/c1-3-17-12-18(22-19(21-17)23-8-4-5-9-23)25-11-7-20(27)6-10-24(15(2)26)13-16(20)14-25/h12,16,27H,3-11,13-14H2,1-2H3/t16-,20-/m1/s1. The highest BCUT2D eigenvalue weighted by atomic mass is 16.3. The fourth-order valence-electron chi connectivity index (χ4n) is 4.67. The third kappa shape index (κ3) is 3.61. The highest BCUT2D eigenvalue weighted by Crippen LogP contribution is 2.37. The molecule has 148 valence electrons. The lowest BCUT2D eigenvalue weighted by atomic mass is 9.75. The van der Waals surface area contributed by atoms with Crippen LogP contribution in [0, 0.1) is 5.92 Å². The number of carbonyl (C=O) groups excluding carboxylic acids is 1. The third-order valence-corrected chi connectivity index (χ3v) is 6.55. The molecule has 0 spiro atoms. The van der Waals surface area contributed by atoms with Gasteiger partial charge in [0.25, 0.3) is 0 Å². The Morgan fingerprint density at radius 2 is 1.89 bits per heavy atom. The van der Waals surface area contributed by atoms with Crippen molar-refractivity contribution in [2.24, 2.45) is 5.92 Å². The van der Waals surface area contributed by atoms with Gasteiger partial charge in [0.1, 0.15) is 5.82 Å². The Kier molecular flexibility index (Phi) is 4.97. The van der Waals surface area contributed by atoms with E-state index in [0.717, 1.165) is 56.5 Å². The van der Waals surface area contributed by atoms with Gasteiger partial charge in [-0.2, -0.15) is 4.98 Å². The summed E-state index contributed by atoms with van der Waals surface area (Å²) >= 11 is 0. The highest BCUT2D eigenvalue weighted by molar-refractivity contribution is 5.73. The van der Waals surface area contributed by atoms with Crippen molar-refractivity contribution in [1.29, 1.82) is 0 Å². The summed E-state index contributed by atoms with van der Waals surface area (Å²) in [5.74, 6) is 1.97. The Hall–Kier alpha value is -1.89. The number of carbonyl (C=O) groups is 1. The summed E-state index contributed by atoms with van der Waals surface area (Å²) in [5, 5.41) is 11.1. The van der Waals surface area contributed by atoms with E-state index in [1.54, 1.807) is 6.92 Å². The number of hydrogen-bond acceptors (Lipinski definition) is 6. The average Bonchev–Trinajstić information content (AvgIpc) is 3.21. The minimum absolute atomic E-state index is 0.0687. The first-order valence-corrected chi connectivity index (χ1v) is 10.3. The van der Waals surface area contributed by atoms with Gasteiger partial charge in [-0.1, -0.05) is 6.92 Å². The second-order valence-electron chi connectivity index (χ2n) is 8.28. The largest absolute Gasteiger partial charge is 0.389 e.